The van der Waals surface area contributed by atoms with Crippen LogP contribution >= 0.6 is 11.6 Å². The highest BCUT2D eigenvalue weighted by Crippen LogP contribution is 2.27. The number of halogens is 1. The Morgan fingerprint density at radius 1 is 1.07 bits per heavy atom. The Kier molecular flexibility index (Phi) is 2.62. The first-order valence-electron chi connectivity index (χ1n) is 3.42. The molecule has 1 aromatic rings. The molecule has 0 saturated heterocycles. The van der Waals surface area contributed by atoms with Crippen LogP contribution in [0.25, 0.3) is 0 Å². The predicted octanol–water partition coefficient (Wildman–Crippen LogP) is 1.44. The molecular formula is C8H5ClO5. The minimum atomic E-state index is -1.44. The minimum Gasteiger partial charge on any atom is -0.506 e. The number of rotatable bonds is 2. The molecule has 0 saturated carbocycles. The maximum Gasteiger partial charge on any atom is 0.336 e. The molecule has 0 spiro atoms. The van der Waals surface area contributed by atoms with Crippen LogP contribution in [-0.4, -0.2) is 27.3 Å². The van der Waals surface area contributed by atoms with Gasteiger partial charge in [-0.2, -0.15) is 0 Å². The third kappa shape index (κ3) is 1.77. The van der Waals surface area contributed by atoms with E-state index in [0.717, 1.165) is 12.1 Å². The van der Waals surface area contributed by atoms with Gasteiger partial charge in [-0.1, -0.05) is 11.6 Å². The minimum absolute atomic E-state index is 0.201. The molecule has 0 heterocycles. The van der Waals surface area contributed by atoms with Gasteiger partial charge in [0.15, 0.2) is 0 Å². The van der Waals surface area contributed by atoms with Crippen LogP contribution < -0.4 is 0 Å². The molecule has 0 bridgehead atoms. The third-order valence-electron chi connectivity index (χ3n) is 1.55. The molecule has 0 amide bonds. The summed E-state index contributed by atoms with van der Waals surface area (Å²) < 4.78 is 0. The number of phenols is 1. The summed E-state index contributed by atoms with van der Waals surface area (Å²) in [5, 5.41) is 26.1. The summed E-state index contributed by atoms with van der Waals surface area (Å²) in [5.74, 6) is -3.31. The van der Waals surface area contributed by atoms with Gasteiger partial charge in [-0.15, -0.1) is 0 Å². The van der Waals surface area contributed by atoms with Crippen molar-refractivity contribution in [3.05, 3.63) is 28.3 Å². The quantitative estimate of drug-likeness (QED) is 0.695. The third-order valence-corrected chi connectivity index (χ3v) is 1.85. The number of hydrogen-bond donors (Lipinski definition) is 3. The van der Waals surface area contributed by atoms with Crippen LogP contribution in [-0.2, 0) is 0 Å². The normalized spacial score (nSPS) is 9.79. The standard InChI is InChI=1S/C8H5ClO5/c9-5-1-3(7(11)12)4(8(13)14)2-6(5)10/h1-2,10H,(H,11,12)(H,13,14). The molecule has 0 fully saturated rings. The van der Waals surface area contributed by atoms with E-state index in [0.29, 0.717) is 0 Å². The van der Waals surface area contributed by atoms with Crippen LogP contribution in [0, 0.1) is 0 Å². The Bertz CT molecular complexity index is 373. The van der Waals surface area contributed by atoms with Gasteiger partial charge in [0, 0.05) is 0 Å². The first-order valence-corrected chi connectivity index (χ1v) is 3.80. The van der Waals surface area contributed by atoms with Gasteiger partial charge in [0.05, 0.1) is 16.1 Å². The zero-order chi connectivity index (χ0) is 10.9. The Morgan fingerprint density at radius 2 is 1.50 bits per heavy atom. The zero-order valence-electron chi connectivity index (χ0n) is 6.69. The van der Waals surface area contributed by atoms with Crippen molar-refractivity contribution >= 4 is 23.5 Å². The van der Waals surface area contributed by atoms with Gasteiger partial charge in [0.25, 0.3) is 0 Å². The molecule has 14 heavy (non-hydrogen) atoms. The molecule has 0 unspecified atom stereocenters. The molecule has 0 aliphatic carbocycles. The van der Waals surface area contributed by atoms with Crippen molar-refractivity contribution in [1.82, 2.24) is 0 Å². The molecule has 0 aromatic heterocycles. The fourth-order valence-corrected chi connectivity index (χ4v) is 1.08. The Balaban J connectivity index is 3.46. The lowest BCUT2D eigenvalue weighted by Gasteiger charge is -2.03. The number of carboxylic acids is 2. The number of aromatic carboxylic acids is 2. The fraction of sp³-hybridized carbons (Fsp3) is 0. The molecule has 74 valence electrons. The van der Waals surface area contributed by atoms with E-state index in [4.69, 9.17) is 26.9 Å². The maximum atomic E-state index is 10.6. The summed E-state index contributed by atoms with van der Waals surface area (Å²) >= 11 is 5.43. The highest BCUT2D eigenvalue weighted by atomic mass is 35.5. The molecule has 6 heteroatoms. The second kappa shape index (κ2) is 3.55. The first-order chi connectivity index (χ1) is 6.43. The summed E-state index contributed by atoms with van der Waals surface area (Å²) in [4.78, 5) is 21.2. The number of benzene rings is 1. The van der Waals surface area contributed by atoms with E-state index in [1.165, 1.54) is 0 Å². The van der Waals surface area contributed by atoms with Crippen LogP contribution in [0.5, 0.6) is 5.75 Å². The zero-order valence-corrected chi connectivity index (χ0v) is 7.45. The van der Waals surface area contributed by atoms with Gasteiger partial charge in [-0.05, 0) is 12.1 Å². The molecule has 0 atom stereocenters. The van der Waals surface area contributed by atoms with E-state index >= 15 is 0 Å². The SMILES string of the molecule is O=C(O)c1cc(O)c(Cl)cc1C(=O)O. The molecule has 1 rings (SSSR count). The van der Waals surface area contributed by atoms with Gasteiger partial charge >= 0.3 is 11.9 Å². The van der Waals surface area contributed by atoms with Crippen molar-refractivity contribution in [2.24, 2.45) is 0 Å². The molecule has 0 aliphatic heterocycles. The topological polar surface area (TPSA) is 94.8 Å². The van der Waals surface area contributed by atoms with Crippen molar-refractivity contribution < 1.29 is 24.9 Å². The second-order valence-corrected chi connectivity index (χ2v) is 2.87. The lowest BCUT2D eigenvalue weighted by Crippen LogP contribution is -2.07. The summed E-state index contributed by atoms with van der Waals surface area (Å²) in [7, 11) is 0. The first kappa shape index (κ1) is 10.3. The number of carbonyl (C=O) groups is 2. The highest BCUT2D eigenvalue weighted by molar-refractivity contribution is 6.32. The van der Waals surface area contributed by atoms with Crippen molar-refractivity contribution in [2.45, 2.75) is 0 Å². The van der Waals surface area contributed by atoms with E-state index in [9.17, 15) is 9.59 Å². The van der Waals surface area contributed by atoms with E-state index < -0.39 is 28.8 Å². The lowest BCUT2D eigenvalue weighted by atomic mass is 10.1. The van der Waals surface area contributed by atoms with Crippen LogP contribution in [0.1, 0.15) is 20.7 Å². The number of carboxylic acid groups (broad SMARTS) is 2. The molecule has 5 nitrogen and oxygen atoms in total. The van der Waals surface area contributed by atoms with Crippen LogP contribution in [0.15, 0.2) is 12.1 Å². The number of phenolic OH excluding ortho intramolecular Hbond substituents is 1. The van der Waals surface area contributed by atoms with E-state index in [2.05, 4.69) is 0 Å². The van der Waals surface area contributed by atoms with Gasteiger partial charge in [0.1, 0.15) is 5.75 Å². The van der Waals surface area contributed by atoms with Gasteiger partial charge in [-0.25, -0.2) is 9.59 Å². The molecule has 0 radical (unpaired) electrons. The average molecular weight is 217 g/mol. The smallest absolute Gasteiger partial charge is 0.336 e. The summed E-state index contributed by atoms with van der Waals surface area (Å²) in [6.45, 7) is 0. The second-order valence-electron chi connectivity index (χ2n) is 2.46. The van der Waals surface area contributed by atoms with Gasteiger partial charge < -0.3 is 15.3 Å². The predicted molar refractivity (Wildman–Crippen MR) is 47.0 cm³/mol. The number of aromatic hydroxyl groups is 1. The van der Waals surface area contributed by atoms with Crippen LogP contribution in [0.4, 0.5) is 0 Å². The molecule has 0 aliphatic rings. The van der Waals surface area contributed by atoms with Crippen molar-refractivity contribution in [2.75, 3.05) is 0 Å². The fourth-order valence-electron chi connectivity index (χ4n) is 0.916. The van der Waals surface area contributed by atoms with E-state index in [-0.39, 0.29) is 5.02 Å². The molecule has 1 aromatic carbocycles. The van der Waals surface area contributed by atoms with Crippen molar-refractivity contribution in [3.63, 3.8) is 0 Å². The number of hydrogen-bond acceptors (Lipinski definition) is 3. The summed E-state index contributed by atoms with van der Waals surface area (Å²) in [5.41, 5.74) is -0.959. The highest BCUT2D eigenvalue weighted by Gasteiger charge is 2.18. The van der Waals surface area contributed by atoms with Crippen molar-refractivity contribution in [1.29, 1.82) is 0 Å². The monoisotopic (exact) mass is 216 g/mol. The maximum absolute atomic E-state index is 10.6. The van der Waals surface area contributed by atoms with Gasteiger partial charge in [-0.3, -0.25) is 0 Å². The summed E-state index contributed by atoms with van der Waals surface area (Å²) in [6.07, 6.45) is 0. The van der Waals surface area contributed by atoms with E-state index in [1.54, 1.807) is 0 Å². The Labute approximate surface area is 83.2 Å². The van der Waals surface area contributed by atoms with Gasteiger partial charge in [0.2, 0.25) is 0 Å². The largest absolute Gasteiger partial charge is 0.506 e. The average Bonchev–Trinajstić information content (AvgIpc) is 2.08. The van der Waals surface area contributed by atoms with Crippen LogP contribution in [0.2, 0.25) is 5.02 Å². The van der Waals surface area contributed by atoms with Crippen molar-refractivity contribution in [3.8, 4) is 5.75 Å². The Hall–Kier alpha value is -1.75. The molecular weight excluding hydrogens is 212 g/mol. The van der Waals surface area contributed by atoms with E-state index in [1.807, 2.05) is 0 Å². The lowest BCUT2D eigenvalue weighted by molar-refractivity contribution is 0.0651. The summed E-state index contributed by atoms with van der Waals surface area (Å²) in [6, 6.07) is 1.69. The Morgan fingerprint density at radius 3 is 1.93 bits per heavy atom. The van der Waals surface area contributed by atoms with Crippen LogP contribution in [0.3, 0.4) is 0 Å². The molecule has 3 N–H and O–H groups in total.